The molecule has 0 aliphatic carbocycles. The summed E-state index contributed by atoms with van der Waals surface area (Å²) in [6.45, 7) is 6.30. The minimum Gasteiger partial charge on any atom is -0.324 e. The molecule has 0 radical (unpaired) electrons. The van der Waals surface area contributed by atoms with E-state index >= 15 is 0 Å². The average Bonchev–Trinajstić information content (AvgIpc) is 2.69. The molecular formula is C22H24N4O. The van der Waals surface area contributed by atoms with Gasteiger partial charge in [-0.15, -0.1) is 0 Å². The second-order valence-electron chi connectivity index (χ2n) is 6.63. The molecule has 0 aliphatic heterocycles. The van der Waals surface area contributed by atoms with E-state index in [4.69, 9.17) is 0 Å². The van der Waals surface area contributed by atoms with Gasteiger partial charge in [-0.3, -0.25) is 4.79 Å². The predicted molar refractivity (Wildman–Crippen MR) is 110 cm³/mol. The molecule has 138 valence electrons. The van der Waals surface area contributed by atoms with Crippen molar-refractivity contribution >= 4 is 23.2 Å². The minimum absolute atomic E-state index is 0.219. The molecule has 1 aromatic heterocycles. The molecule has 2 N–H and O–H groups in total. The molecule has 3 rings (SSSR count). The summed E-state index contributed by atoms with van der Waals surface area (Å²) in [4.78, 5) is 21.1. The Balaban J connectivity index is 1.73. The number of anilines is 3. The number of amides is 1. The summed E-state index contributed by atoms with van der Waals surface area (Å²) in [5.74, 6) is 0.571. The molecule has 0 fully saturated rings. The molecule has 0 aliphatic rings. The van der Waals surface area contributed by atoms with E-state index in [1.807, 2.05) is 42.5 Å². The summed E-state index contributed by atoms with van der Waals surface area (Å²) in [6, 6.07) is 15.9. The molecular weight excluding hydrogens is 336 g/mol. The second kappa shape index (κ2) is 8.45. The molecule has 0 bridgehead atoms. The van der Waals surface area contributed by atoms with E-state index in [1.165, 1.54) is 18.0 Å². The summed E-state index contributed by atoms with van der Waals surface area (Å²) in [5.41, 5.74) is 4.50. The van der Waals surface area contributed by atoms with E-state index in [1.54, 1.807) is 0 Å². The van der Waals surface area contributed by atoms with Gasteiger partial charge in [0.1, 0.15) is 0 Å². The monoisotopic (exact) mass is 360 g/mol. The van der Waals surface area contributed by atoms with Crippen LogP contribution in [-0.2, 0) is 6.42 Å². The summed E-state index contributed by atoms with van der Waals surface area (Å²) < 4.78 is 0. The number of nitrogens with one attached hydrogen (secondary N) is 2. The molecule has 0 saturated carbocycles. The highest BCUT2D eigenvalue weighted by Crippen LogP contribution is 2.24. The van der Waals surface area contributed by atoms with Crippen molar-refractivity contribution in [3.63, 3.8) is 0 Å². The highest BCUT2D eigenvalue weighted by atomic mass is 16.1. The van der Waals surface area contributed by atoms with Gasteiger partial charge in [0.2, 0.25) is 5.95 Å². The number of nitrogens with zero attached hydrogens (tertiary/aromatic N) is 2. The number of carbonyl (C=O) groups is 1. The number of aryl methyl sites for hydroxylation is 1. The first-order valence-corrected chi connectivity index (χ1v) is 9.15. The fourth-order valence-corrected chi connectivity index (χ4v) is 2.89. The molecule has 1 amide bonds. The molecule has 2 aromatic carbocycles. The van der Waals surface area contributed by atoms with Crippen LogP contribution < -0.4 is 10.6 Å². The third-order valence-electron chi connectivity index (χ3n) is 4.39. The van der Waals surface area contributed by atoms with Crippen LogP contribution in [-0.4, -0.2) is 15.9 Å². The maximum Gasteiger partial charge on any atom is 0.258 e. The van der Waals surface area contributed by atoms with Gasteiger partial charge in [0.05, 0.1) is 5.56 Å². The van der Waals surface area contributed by atoms with E-state index in [-0.39, 0.29) is 5.91 Å². The first kappa shape index (κ1) is 18.6. The average molecular weight is 360 g/mol. The van der Waals surface area contributed by atoms with Gasteiger partial charge >= 0.3 is 0 Å². The van der Waals surface area contributed by atoms with Crippen LogP contribution in [0.1, 0.15) is 48.2 Å². The van der Waals surface area contributed by atoms with E-state index in [0.717, 1.165) is 23.4 Å². The van der Waals surface area contributed by atoms with Crippen molar-refractivity contribution in [2.45, 2.75) is 33.1 Å². The maximum atomic E-state index is 12.5. The Bertz CT molecular complexity index is 920. The van der Waals surface area contributed by atoms with Crippen LogP contribution in [0.15, 0.2) is 60.9 Å². The number of hydrogen-bond donors (Lipinski definition) is 2. The highest BCUT2D eigenvalue weighted by Gasteiger charge is 2.12. The zero-order valence-electron chi connectivity index (χ0n) is 15.9. The van der Waals surface area contributed by atoms with E-state index in [0.29, 0.717) is 17.4 Å². The van der Waals surface area contributed by atoms with Crippen molar-refractivity contribution in [3.05, 3.63) is 77.6 Å². The van der Waals surface area contributed by atoms with Crippen molar-refractivity contribution in [3.8, 4) is 0 Å². The lowest BCUT2D eigenvalue weighted by Crippen LogP contribution is -2.14. The molecule has 1 heterocycles. The van der Waals surface area contributed by atoms with Gasteiger partial charge < -0.3 is 10.6 Å². The molecule has 0 atom stereocenters. The van der Waals surface area contributed by atoms with Crippen LogP contribution in [0.5, 0.6) is 0 Å². The number of aromatic nitrogens is 2. The second-order valence-corrected chi connectivity index (χ2v) is 6.63. The van der Waals surface area contributed by atoms with Gasteiger partial charge in [0.25, 0.3) is 5.91 Å². The Kier molecular flexibility index (Phi) is 5.81. The standard InChI is InChI=1S/C22H24N4O/c1-4-16-9-5-7-11-19(16)26-22-23-13-17(14-24-22)21(27)25-20-12-8-6-10-18(20)15(2)3/h5-15H,4H2,1-3H3,(H,25,27)(H,23,24,26). The molecule has 0 saturated heterocycles. The number of benzene rings is 2. The van der Waals surface area contributed by atoms with Crippen molar-refractivity contribution in [2.75, 3.05) is 10.6 Å². The Hall–Kier alpha value is -3.21. The van der Waals surface area contributed by atoms with Crippen LogP contribution in [0, 0.1) is 0 Å². The Morgan fingerprint density at radius 2 is 1.59 bits per heavy atom. The fraction of sp³-hybridized carbons (Fsp3) is 0.227. The van der Waals surface area contributed by atoms with Crippen molar-refractivity contribution in [2.24, 2.45) is 0 Å². The summed E-state index contributed by atoms with van der Waals surface area (Å²) in [6.07, 6.45) is 3.99. The van der Waals surface area contributed by atoms with Crippen molar-refractivity contribution < 1.29 is 4.79 Å². The topological polar surface area (TPSA) is 66.9 Å². The van der Waals surface area contributed by atoms with Gasteiger partial charge in [-0.2, -0.15) is 0 Å². The molecule has 5 nitrogen and oxygen atoms in total. The SMILES string of the molecule is CCc1ccccc1Nc1ncc(C(=O)Nc2ccccc2C(C)C)cn1. The van der Waals surface area contributed by atoms with Crippen LogP contribution in [0.4, 0.5) is 17.3 Å². The van der Waals surface area contributed by atoms with Gasteiger partial charge in [0, 0.05) is 23.8 Å². The Morgan fingerprint density at radius 3 is 2.26 bits per heavy atom. The largest absolute Gasteiger partial charge is 0.324 e. The Morgan fingerprint density at radius 1 is 0.963 bits per heavy atom. The zero-order valence-corrected chi connectivity index (χ0v) is 15.9. The highest BCUT2D eigenvalue weighted by molar-refractivity contribution is 6.04. The lowest BCUT2D eigenvalue weighted by molar-refractivity contribution is 0.102. The van der Waals surface area contributed by atoms with Crippen molar-refractivity contribution in [1.82, 2.24) is 9.97 Å². The summed E-state index contributed by atoms with van der Waals surface area (Å²) in [7, 11) is 0. The molecule has 3 aromatic rings. The van der Waals surface area contributed by atoms with Crippen LogP contribution in [0.2, 0.25) is 0 Å². The summed E-state index contributed by atoms with van der Waals surface area (Å²) >= 11 is 0. The number of para-hydroxylation sites is 2. The Labute approximate surface area is 159 Å². The van der Waals surface area contributed by atoms with Gasteiger partial charge in [-0.1, -0.05) is 57.2 Å². The van der Waals surface area contributed by atoms with Gasteiger partial charge in [-0.05, 0) is 35.6 Å². The van der Waals surface area contributed by atoms with Gasteiger partial charge in [0.15, 0.2) is 0 Å². The van der Waals surface area contributed by atoms with E-state index in [2.05, 4.69) is 47.4 Å². The number of hydrogen-bond acceptors (Lipinski definition) is 4. The first-order chi connectivity index (χ1) is 13.1. The molecule has 0 unspecified atom stereocenters. The van der Waals surface area contributed by atoms with Crippen LogP contribution >= 0.6 is 0 Å². The number of rotatable bonds is 6. The number of carbonyl (C=O) groups excluding carboxylic acids is 1. The smallest absolute Gasteiger partial charge is 0.258 e. The normalized spacial score (nSPS) is 10.7. The summed E-state index contributed by atoms with van der Waals surface area (Å²) in [5, 5.41) is 6.17. The van der Waals surface area contributed by atoms with Crippen LogP contribution in [0.3, 0.4) is 0 Å². The van der Waals surface area contributed by atoms with E-state index in [9.17, 15) is 4.79 Å². The first-order valence-electron chi connectivity index (χ1n) is 9.15. The molecule has 5 heteroatoms. The van der Waals surface area contributed by atoms with Crippen molar-refractivity contribution in [1.29, 1.82) is 0 Å². The lowest BCUT2D eigenvalue weighted by atomic mass is 10.0. The lowest BCUT2D eigenvalue weighted by Gasteiger charge is -2.13. The molecule has 0 spiro atoms. The van der Waals surface area contributed by atoms with Crippen LogP contribution in [0.25, 0.3) is 0 Å². The quantitative estimate of drug-likeness (QED) is 0.637. The third kappa shape index (κ3) is 4.50. The molecule has 27 heavy (non-hydrogen) atoms. The van der Waals surface area contributed by atoms with E-state index < -0.39 is 0 Å². The minimum atomic E-state index is -0.219. The predicted octanol–water partition coefficient (Wildman–Crippen LogP) is 5.16. The maximum absolute atomic E-state index is 12.5. The third-order valence-corrected chi connectivity index (χ3v) is 4.39. The van der Waals surface area contributed by atoms with Gasteiger partial charge in [-0.25, -0.2) is 9.97 Å². The zero-order chi connectivity index (χ0) is 19.2. The fourth-order valence-electron chi connectivity index (χ4n) is 2.89.